The molecule has 8 nitrogen and oxygen atoms in total. The molecule has 1 saturated heterocycles. The highest BCUT2D eigenvalue weighted by atomic mass is 16.5. The molecule has 0 aliphatic carbocycles. The summed E-state index contributed by atoms with van der Waals surface area (Å²) in [5, 5.41) is 5.61. The zero-order chi connectivity index (χ0) is 22.2. The number of benzene rings is 2. The third kappa shape index (κ3) is 5.61. The number of hydrogen-bond acceptors (Lipinski definition) is 5. The van der Waals surface area contributed by atoms with Crippen LogP contribution in [0.5, 0.6) is 5.75 Å². The van der Waals surface area contributed by atoms with Gasteiger partial charge >= 0.3 is 0 Å². The molecule has 0 saturated carbocycles. The van der Waals surface area contributed by atoms with E-state index in [4.69, 9.17) is 9.47 Å². The van der Waals surface area contributed by atoms with Crippen LogP contribution in [0.2, 0.25) is 0 Å². The highest BCUT2D eigenvalue weighted by Crippen LogP contribution is 2.21. The fourth-order valence-electron chi connectivity index (χ4n) is 3.48. The van der Waals surface area contributed by atoms with Crippen LogP contribution in [0.3, 0.4) is 0 Å². The lowest BCUT2D eigenvalue weighted by Gasteiger charge is -2.24. The molecular weight excluding hydrogens is 398 g/mol. The first-order valence-corrected chi connectivity index (χ1v) is 10.2. The van der Waals surface area contributed by atoms with Gasteiger partial charge < -0.3 is 25.0 Å². The third-order valence-corrected chi connectivity index (χ3v) is 5.16. The van der Waals surface area contributed by atoms with Crippen LogP contribution in [-0.2, 0) is 9.53 Å². The van der Waals surface area contributed by atoms with E-state index in [2.05, 4.69) is 10.6 Å². The van der Waals surface area contributed by atoms with Gasteiger partial charge in [-0.3, -0.25) is 14.4 Å². The molecule has 2 aromatic carbocycles. The van der Waals surface area contributed by atoms with Crippen molar-refractivity contribution >= 4 is 23.4 Å². The van der Waals surface area contributed by atoms with Crippen molar-refractivity contribution in [2.24, 2.45) is 0 Å². The number of anilines is 1. The van der Waals surface area contributed by atoms with Gasteiger partial charge in [-0.2, -0.15) is 0 Å². The molecule has 0 aromatic heterocycles. The van der Waals surface area contributed by atoms with Crippen LogP contribution in [0.1, 0.15) is 33.6 Å². The number of ether oxygens (including phenoxy) is 2. The first-order chi connectivity index (χ1) is 15.0. The van der Waals surface area contributed by atoms with Gasteiger partial charge in [-0.25, -0.2) is 0 Å². The van der Waals surface area contributed by atoms with Gasteiger partial charge in [-0.1, -0.05) is 0 Å². The fraction of sp³-hybridized carbons (Fsp3) is 0.348. The number of nitrogens with one attached hydrogen (secondary N) is 2. The van der Waals surface area contributed by atoms with E-state index in [9.17, 15) is 14.4 Å². The van der Waals surface area contributed by atoms with Crippen molar-refractivity contribution in [3.8, 4) is 5.75 Å². The molecule has 8 heteroatoms. The topological polar surface area (TPSA) is 97.0 Å². The smallest absolute Gasteiger partial charge is 0.255 e. The maximum absolute atomic E-state index is 12.9. The summed E-state index contributed by atoms with van der Waals surface area (Å²) < 4.78 is 10.0. The molecule has 0 unspecified atom stereocenters. The highest BCUT2D eigenvalue weighted by molar-refractivity contribution is 6.04. The second-order valence-electron chi connectivity index (χ2n) is 7.20. The summed E-state index contributed by atoms with van der Waals surface area (Å²) >= 11 is 0. The summed E-state index contributed by atoms with van der Waals surface area (Å²) in [5.41, 5.74) is 1.55. The first-order valence-electron chi connectivity index (χ1n) is 10.2. The molecule has 0 bridgehead atoms. The molecule has 0 radical (unpaired) electrons. The Kier molecular flexibility index (Phi) is 7.61. The molecule has 3 rings (SSSR count). The minimum absolute atomic E-state index is 0.161. The number of rotatable bonds is 8. The standard InChI is InChI=1S/C23H27N3O5/c1-30-15-13-24-22(28)20-4-3-14-26(20)23(29)17-5-9-18(10-6-17)25-21(27)16-7-11-19(31-2)12-8-16/h5-12,20H,3-4,13-15H2,1-2H3,(H,24,28)(H,25,27)/t20-/m0/s1. The van der Waals surface area contributed by atoms with E-state index in [1.165, 1.54) is 0 Å². The molecular formula is C23H27N3O5. The maximum Gasteiger partial charge on any atom is 0.255 e. The average molecular weight is 425 g/mol. The lowest BCUT2D eigenvalue weighted by atomic mass is 10.1. The Bertz CT molecular complexity index is 912. The third-order valence-electron chi connectivity index (χ3n) is 5.16. The van der Waals surface area contributed by atoms with Gasteiger partial charge in [-0.05, 0) is 61.4 Å². The Morgan fingerprint density at radius 2 is 1.68 bits per heavy atom. The number of methoxy groups -OCH3 is 2. The average Bonchev–Trinajstić information content (AvgIpc) is 3.29. The molecule has 2 aromatic rings. The van der Waals surface area contributed by atoms with E-state index >= 15 is 0 Å². The van der Waals surface area contributed by atoms with Gasteiger partial charge in [0.05, 0.1) is 13.7 Å². The number of carbonyl (C=O) groups is 3. The summed E-state index contributed by atoms with van der Waals surface area (Å²) in [6, 6.07) is 13.0. The molecule has 1 fully saturated rings. The lowest BCUT2D eigenvalue weighted by molar-refractivity contribution is -0.125. The van der Waals surface area contributed by atoms with Crippen LogP contribution in [0.25, 0.3) is 0 Å². The van der Waals surface area contributed by atoms with Crippen molar-refractivity contribution in [1.29, 1.82) is 0 Å². The van der Waals surface area contributed by atoms with Gasteiger partial charge in [0.1, 0.15) is 11.8 Å². The molecule has 3 amide bonds. The number of likely N-dealkylation sites (tertiary alicyclic amines) is 1. The van der Waals surface area contributed by atoms with Crippen molar-refractivity contribution in [3.63, 3.8) is 0 Å². The second-order valence-corrected chi connectivity index (χ2v) is 7.20. The minimum atomic E-state index is -0.473. The fourth-order valence-corrected chi connectivity index (χ4v) is 3.48. The van der Waals surface area contributed by atoms with Crippen LogP contribution in [0.4, 0.5) is 5.69 Å². The van der Waals surface area contributed by atoms with E-state index in [-0.39, 0.29) is 17.7 Å². The predicted molar refractivity (Wildman–Crippen MR) is 116 cm³/mol. The Balaban J connectivity index is 1.61. The number of carbonyl (C=O) groups excluding carboxylic acids is 3. The summed E-state index contributed by atoms with van der Waals surface area (Å²) in [6.07, 6.45) is 1.42. The SMILES string of the molecule is COCCNC(=O)[C@@H]1CCCN1C(=O)c1ccc(NC(=O)c2ccc(OC)cc2)cc1. The summed E-state index contributed by atoms with van der Waals surface area (Å²) in [6.45, 7) is 1.38. The second kappa shape index (κ2) is 10.6. The van der Waals surface area contributed by atoms with Crippen LogP contribution in [0.15, 0.2) is 48.5 Å². The zero-order valence-electron chi connectivity index (χ0n) is 17.7. The summed E-state index contributed by atoms with van der Waals surface area (Å²) in [4.78, 5) is 39.3. The largest absolute Gasteiger partial charge is 0.497 e. The normalized spacial score (nSPS) is 15.4. The number of hydrogen-bond donors (Lipinski definition) is 2. The summed E-state index contributed by atoms with van der Waals surface area (Å²) in [5.74, 6) is 0.0600. The van der Waals surface area contributed by atoms with Gasteiger partial charge in [0, 0.05) is 37.0 Å². The van der Waals surface area contributed by atoms with E-state index in [1.807, 2.05) is 0 Å². The lowest BCUT2D eigenvalue weighted by Crippen LogP contribution is -2.46. The molecule has 31 heavy (non-hydrogen) atoms. The van der Waals surface area contributed by atoms with Crippen molar-refractivity contribution < 1.29 is 23.9 Å². The Hall–Kier alpha value is -3.39. The van der Waals surface area contributed by atoms with Crippen molar-refractivity contribution in [1.82, 2.24) is 10.2 Å². The molecule has 1 aliphatic rings. The van der Waals surface area contributed by atoms with Crippen molar-refractivity contribution in [3.05, 3.63) is 59.7 Å². The Morgan fingerprint density at radius 1 is 1.00 bits per heavy atom. The molecule has 0 spiro atoms. The molecule has 2 N–H and O–H groups in total. The van der Waals surface area contributed by atoms with Gasteiger partial charge in [0.2, 0.25) is 5.91 Å². The van der Waals surface area contributed by atoms with E-state index in [0.29, 0.717) is 48.7 Å². The summed E-state index contributed by atoms with van der Waals surface area (Å²) in [7, 11) is 3.14. The van der Waals surface area contributed by atoms with Crippen LogP contribution in [-0.4, -0.2) is 62.6 Å². The zero-order valence-corrected chi connectivity index (χ0v) is 17.7. The van der Waals surface area contributed by atoms with Gasteiger partial charge in [-0.15, -0.1) is 0 Å². The van der Waals surface area contributed by atoms with E-state index in [0.717, 1.165) is 6.42 Å². The molecule has 1 aliphatic heterocycles. The van der Waals surface area contributed by atoms with E-state index < -0.39 is 6.04 Å². The Labute approximate surface area is 181 Å². The Morgan fingerprint density at radius 3 is 2.32 bits per heavy atom. The predicted octanol–water partition coefficient (Wildman–Crippen LogP) is 2.31. The van der Waals surface area contributed by atoms with Crippen LogP contribution in [0, 0.1) is 0 Å². The van der Waals surface area contributed by atoms with Crippen molar-refractivity contribution in [2.45, 2.75) is 18.9 Å². The molecule has 1 atom stereocenters. The first kappa shape index (κ1) is 22.3. The van der Waals surface area contributed by atoms with Crippen LogP contribution >= 0.6 is 0 Å². The monoisotopic (exact) mass is 425 g/mol. The number of amides is 3. The molecule has 1 heterocycles. The van der Waals surface area contributed by atoms with Gasteiger partial charge in [0.15, 0.2) is 0 Å². The van der Waals surface area contributed by atoms with Crippen LogP contribution < -0.4 is 15.4 Å². The van der Waals surface area contributed by atoms with E-state index in [1.54, 1.807) is 67.7 Å². The number of nitrogens with zero attached hydrogens (tertiary/aromatic N) is 1. The van der Waals surface area contributed by atoms with Gasteiger partial charge in [0.25, 0.3) is 11.8 Å². The highest BCUT2D eigenvalue weighted by Gasteiger charge is 2.34. The van der Waals surface area contributed by atoms with Crippen molar-refractivity contribution in [2.75, 3.05) is 39.2 Å². The quantitative estimate of drug-likeness (QED) is 0.633. The molecule has 164 valence electrons. The maximum atomic E-state index is 12.9. The minimum Gasteiger partial charge on any atom is -0.497 e.